The fraction of sp³-hybridized carbons (Fsp3) is 0.474. The Labute approximate surface area is 148 Å². The third-order valence-electron chi connectivity index (χ3n) is 4.44. The lowest BCUT2D eigenvalue weighted by molar-refractivity contribution is 0.0725. The third-order valence-corrected chi connectivity index (χ3v) is 4.44. The average Bonchev–Trinajstić information content (AvgIpc) is 3.05. The lowest BCUT2D eigenvalue weighted by atomic mass is 10.1. The summed E-state index contributed by atoms with van der Waals surface area (Å²) in [6.45, 7) is 5.30. The van der Waals surface area contributed by atoms with E-state index in [1.54, 1.807) is 6.07 Å². The zero-order valence-corrected chi connectivity index (χ0v) is 15.4. The molecule has 0 N–H and O–H groups in total. The van der Waals surface area contributed by atoms with Crippen LogP contribution in [0.3, 0.4) is 0 Å². The van der Waals surface area contributed by atoms with Gasteiger partial charge in [0.25, 0.3) is 5.91 Å². The van der Waals surface area contributed by atoms with Crippen molar-refractivity contribution < 1.29 is 4.79 Å². The van der Waals surface area contributed by atoms with Crippen LogP contribution in [0.1, 0.15) is 52.1 Å². The van der Waals surface area contributed by atoms with Gasteiger partial charge in [-0.15, -0.1) is 0 Å². The van der Waals surface area contributed by atoms with E-state index in [0.717, 1.165) is 48.7 Å². The molecule has 3 rings (SSSR count). The molecule has 3 heterocycles. The van der Waals surface area contributed by atoms with Gasteiger partial charge in [0.15, 0.2) is 0 Å². The molecule has 25 heavy (non-hydrogen) atoms. The standard InChI is InChI=1S/C19H25N5O/c1-13-7-5-8-16(21-13)19(25)24-10-6-9-17(24)18-15(12-23(3)4)11-20-14(2)22-18/h5,7-8,11,17H,6,9-10,12H2,1-4H3/t17-/m0/s1. The van der Waals surface area contributed by atoms with E-state index in [1.807, 2.05) is 51.2 Å². The second-order valence-corrected chi connectivity index (χ2v) is 6.89. The summed E-state index contributed by atoms with van der Waals surface area (Å²) < 4.78 is 0. The van der Waals surface area contributed by atoms with E-state index in [4.69, 9.17) is 4.98 Å². The van der Waals surface area contributed by atoms with Crippen molar-refractivity contribution in [2.75, 3.05) is 20.6 Å². The molecule has 0 aliphatic carbocycles. The van der Waals surface area contributed by atoms with E-state index >= 15 is 0 Å². The van der Waals surface area contributed by atoms with Gasteiger partial charge in [-0.05, 0) is 52.9 Å². The lowest BCUT2D eigenvalue weighted by Gasteiger charge is -2.26. The molecule has 0 radical (unpaired) electrons. The highest BCUT2D eigenvalue weighted by Gasteiger charge is 2.33. The van der Waals surface area contributed by atoms with E-state index in [2.05, 4.69) is 14.9 Å². The zero-order chi connectivity index (χ0) is 18.0. The number of amides is 1. The second-order valence-electron chi connectivity index (χ2n) is 6.89. The van der Waals surface area contributed by atoms with Crippen LogP contribution in [0.5, 0.6) is 0 Å². The molecule has 0 spiro atoms. The molecule has 132 valence electrons. The van der Waals surface area contributed by atoms with Crippen LogP contribution in [-0.4, -0.2) is 51.3 Å². The molecule has 1 atom stereocenters. The molecule has 6 nitrogen and oxygen atoms in total. The highest BCUT2D eigenvalue weighted by Crippen LogP contribution is 2.34. The minimum atomic E-state index is -0.0155. The number of rotatable bonds is 4. The first kappa shape index (κ1) is 17.5. The molecule has 1 aliphatic rings. The SMILES string of the molecule is Cc1cccc(C(=O)N2CCC[C@H]2c2nc(C)ncc2CN(C)C)n1. The summed E-state index contributed by atoms with van der Waals surface area (Å²) >= 11 is 0. The van der Waals surface area contributed by atoms with E-state index in [-0.39, 0.29) is 11.9 Å². The highest BCUT2D eigenvalue weighted by atomic mass is 16.2. The number of aromatic nitrogens is 3. The van der Waals surface area contributed by atoms with Gasteiger partial charge in [0, 0.05) is 30.5 Å². The fourth-order valence-electron chi connectivity index (χ4n) is 3.37. The predicted octanol–water partition coefficient (Wildman–Crippen LogP) is 2.53. The van der Waals surface area contributed by atoms with Gasteiger partial charge in [-0.1, -0.05) is 6.07 Å². The van der Waals surface area contributed by atoms with Crippen molar-refractivity contribution in [1.29, 1.82) is 0 Å². The highest BCUT2D eigenvalue weighted by molar-refractivity contribution is 5.92. The zero-order valence-electron chi connectivity index (χ0n) is 15.4. The Balaban J connectivity index is 1.94. The van der Waals surface area contributed by atoms with Crippen molar-refractivity contribution in [1.82, 2.24) is 24.8 Å². The number of carbonyl (C=O) groups is 1. The van der Waals surface area contributed by atoms with E-state index < -0.39 is 0 Å². The van der Waals surface area contributed by atoms with Crippen molar-refractivity contribution in [2.45, 2.75) is 39.3 Å². The lowest BCUT2D eigenvalue weighted by Crippen LogP contribution is -2.32. The van der Waals surface area contributed by atoms with Crippen molar-refractivity contribution >= 4 is 5.91 Å². The molecule has 1 fully saturated rings. The van der Waals surface area contributed by atoms with Gasteiger partial charge in [-0.2, -0.15) is 0 Å². The minimum absolute atomic E-state index is 0.00791. The van der Waals surface area contributed by atoms with E-state index in [0.29, 0.717) is 5.69 Å². The van der Waals surface area contributed by atoms with Gasteiger partial charge >= 0.3 is 0 Å². The average molecular weight is 339 g/mol. The Morgan fingerprint density at radius 3 is 2.80 bits per heavy atom. The number of likely N-dealkylation sites (tertiary alicyclic amines) is 1. The maximum Gasteiger partial charge on any atom is 0.273 e. The van der Waals surface area contributed by atoms with Gasteiger partial charge in [0.1, 0.15) is 11.5 Å². The largest absolute Gasteiger partial charge is 0.329 e. The Morgan fingerprint density at radius 1 is 1.28 bits per heavy atom. The fourth-order valence-corrected chi connectivity index (χ4v) is 3.37. The van der Waals surface area contributed by atoms with Crippen molar-refractivity contribution in [2.24, 2.45) is 0 Å². The topological polar surface area (TPSA) is 62.2 Å². The number of pyridine rings is 1. The number of hydrogen-bond donors (Lipinski definition) is 0. The second kappa shape index (κ2) is 7.27. The summed E-state index contributed by atoms with van der Waals surface area (Å²) in [5.74, 6) is 0.726. The number of hydrogen-bond acceptors (Lipinski definition) is 5. The summed E-state index contributed by atoms with van der Waals surface area (Å²) in [6, 6.07) is 5.57. The van der Waals surface area contributed by atoms with Crippen LogP contribution >= 0.6 is 0 Å². The smallest absolute Gasteiger partial charge is 0.273 e. The minimum Gasteiger partial charge on any atom is -0.329 e. The molecule has 0 saturated carbocycles. The van der Waals surface area contributed by atoms with Gasteiger partial charge < -0.3 is 9.80 Å². The Kier molecular flexibility index (Phi) is 5.08. The molecule has 6 heteroatoms. The van der Waals surface area contributed by atoms with E-state index in [1.165, 1.54) is 0 Å². The van der Waals surface area contributed by atoms with Crippen LogP contribution in [0, 0.1) is 13.8 Å². The van der Waals surface area contributed by atoms with Gasteiger partial charge in [0.2, 0.25) is 0 Å². The monoisotopic (exact) mass is 339 g/mol. The van der Waals surface area contributed by atoms with E-state index in [9.17, 15) is 4.79 Å². The summed E-state index contributed by atoms with van der Waals surface area (Å²) in [6.07, 6.45) is 3.80. The summed E-state index contributed by atoms with van der Waals surface area (Å²) in [7, 11) is 4.05. The summed E-state index contributed by atoms with van der Waals surface area (Å²) in [5.41, 5.74) is 3.41. The maximum absolute atomic E-state index is 13.0. The summed E-state index contributed by atoms with van der Waals surface area (Å²) in [5, 5.41) is 0. The van der Waals surface area contributed by atoms with Gasteiger partial charge in [0.05, 0.1) is 11.7 Å². The molecular weight excluding hydrogens is 314 g/mol. The molecule has 0 aromatic carbocycles. The van der Waals surface area contributed by atoms with Crippen LogP contribution in [0.25, 0.3) is 0 Å². The molecule has 0 bridgehead atoms. The molecule has 2 aromatic heterocycles. The summed E-state index contributed by atoms with van der Waals surface area (Å²) in [4.78, 5) is 30.5. The van der Waals surface area contributed by atoms with Crippen molar-refractivity contribution in [3.05, 3.63) is 52.9 Å². The first-order valence-corrected chi connectivity index (χ1v) is 8.67. The van der Waals surface area contributed by atoms with Gasteiger partial charge in [-0.3, -0.25) is 4.79 Å². The molecular formula is C19H25N5O. The molecule has 1 saturated heterocycles. The molecule has 2 aromatic rings. The predicted molar refractivity (Wildman–Crippen MR) is 96.1 cm³/mol. The Bertz CT molecular complexity index is 774. The number of nitrogens with zero attached hydrogens (tertiary/aromatic N) is 5. The Morgan fingerprint density at radius 2 is 2.08 bits per heavy atom. The molecule has 0 unspecified atom stereocenters. The first-order chi connectivity index (χ1) is 12.0. The van der Waals surface area contributed by atoms with Crippen LogP contribution < -0.4 is 0 Å². The van der Waals surface area contributed by atoms with Crippen LogP contribution in [-0.2, 0) is 6.54 Å². The first-order valence-electron chi connectivity index (χ1n) is 8.67. The third kappa shape index (κ3) is 3.85. The quantitative estimate of drug-likeness (QED) is 0.856. The molecule has 1 amide bonds. The normalized spacial score (nSPS) is 17.3. The molecule has 1 aliphatic heterocycles. The van der Waals surface area contributed by atoms with Crippen molar-refractivity contribution in [3.8, 4) is 0 Å². The van der Waals surface area contributed by atoms with Crippen LogP contribution in [0.4, 0.5) is 0 Å². The number of aryl methyl sites for hydroxylation is 2. The maximum atomic E-state index is 13.0. The Hall–Kier alpha value is -2.34. The van der Waals surface area contributed by atoms with Crippen LogP contribution in [0.15, 0.2) is 24.4 Å². The van der Waals surface area contributed by atoms with Crippen LogP contribution in [0.2, 0.25) is 0 Å². The van der Waals surface area contributed by atoms with Crippen molar-refractivity contribution in [3.63, 3.8) is 0 Å². The van der Waals surface area contributed by atoms with Gasteiger partial charge in [-0.25, -0.2) is 15.0 Å². The number of carbonyl (C=O) groups excluding carboxylic acids is 1.